The van der Waals surface area contributed by atoms with E-state index in [0.717, 1.165) is 35.8 Å². The Kier molecular flexibility index (Phi) is 5.71. The van der Waals surface area contributed by atoms with Gasteiger partial charge >= 0.3 is 0 Å². The van der Waals surface area contributed by atoms with E-state index in [1.807, 2.05) is 49.2 Å². The summed E-state index contributed by atoms with van der Waals surface area (Å²) in [6.07, 6.45) is 3.92. The maximum Gasteiger partial charge on any atom is 0.256 e. The van der Waals surface area contributed by atoms with Gasteiger partial charge in [-0.15, -0.1) is 0 Å². The second-order valence-electron chi connectivity index (χ2n) is 5.99. The van der Waals surface area contributed by atoms with E-state index >= 15 is 0 Å². The zero-order valence-electron chi connectivity index (χ0n) is 15.4. The molecule has 1 atom stereocenters. The van der Waals surface area contributed by atoms with Gasteiger partial charge in [-0.25, -0.2) is 0 Å². The Bertz CT molecular complexity index is 851. The molecule has 2 aromatic carbocycles. The minimum absolute atomic E-state index is 0.0614. The smallest absolute Gasteiger partial charge is 0.256 e. The summed E-state index contributed by atoms with van der Waals surface area (Å²) in [5.74, 6) is 1.74. The Morgan fingerprint density at radius 3 is 2.65 bits per heavy atom. The number of benzene rings is 2. The minimum atomic E-state index is 0.0614. The molecule has 1 fully saturated rings. The lowest BCUT2D eigenvalue weighted by Crippen LogP contribution is -2.35. The molecule has 4 rings (SSSR count). The molecule has 2 aromatic rings. The molecule has 0 aliphatic carbocycles. The molecule has 138 valence electrons. The molecule has 0 saturated carbocycles. The fraction of sp³-hybridized carbons (Fsp3) is 0.400. The molecule has 0 aromatic heterocycles. The van der Waals surface area contributed by atoms with Crippen LogP contribution in [0.15, 0.2) is 29.3 Å². The fourth-order valence-corrected chi connectivity index (χ4v) is 3.60. The lowest BCUT2D eigenvalue weighted by atomic mass is 10.0. The number of amides is 1. The van der Waals surface area contributed by atoms with Gasteiger partial charge in [-0.2, -0.15) is 0 Å². The highest BCUT2D eigenvalue weighted by molar-refractivity contribution is 7.58. The lowest BCUT2D eigenvalue weighted by Gasteiger charge is -2.20. The third kappa shape index (κ3) is 3.26. The van der Waals surface area contributed by atoms with Crippen molar-refractivity contribution in [1.29, 1.82) is 0 Å². The van der Waals surface area contributed by atoms with Crippen molar-refractivity contribution in [2.45, 2.75) is 32.7 Å². The van der Waals surface area contributed by atoms with Gasteiger partial charge in [-0.1, -0.05) is 13.8 Å². The quantitative estimate of drug-likeness (QED) is 0.773. The van der Waals surface area contributed by atoms with E-state index in [1.54, 1.807) is 7.11 Å². The summed E-state index contributed by atoms with van der Waals surface area (Å²) in [7, 11) is 1.61. The summed E-state index contributed by atoms with van der Waals surface area (Å²) in [6.45, 7) is 4.80. The number of methoxy groups -OCH3 is 1. The molecule has 2 heterocycles. The van der Waals surface area contributed by atoms with Crippen LogP contribution >= 0.6 is 0 Å². The van der Waals surface area contributed by atoms with Crippen LogP contribution in [0.1, 0.15) is 37.0 Å². The van der Waals surface area contributed by atoms with Gasteiger partial charge in [0, 0.05) is 12.8 Å². The van der Waals surface area contributed by atoms with Crippen LogP contribution in [0, 0.1) is 0 Å². The molecule has 1 unspecified atom stereocenters. The SMILES string of the molecule is CC.COc1cc2cc3c(cc2cc1OC[SH2+])N=CC1CCCN1C3=O. The molecule has 2 aliphatic rings. The maximum atomic E-state index is 12.9. The normalized spacial score (nSPS) is 17.9. The number of hydrogen-bond donors (Lipinski definition) is 0. The van der Waals surface area contributed by atoms with Crippen LogP contribution in [0.4, 0.5) is 5.69 Å². The average molecular weight is 373 g/mol. The number of rotatable bonds is 3. The molecule has 26 heavy (non-hydrogen) atoms. The molecular formula is C20H25N2O3S+. The number of carbonyl (C=O) groups excluding carboxylic acids is 1. The van der Waals surface area contributed by atoms with E-state index in [-0.39, 0.29) is 11.9 Å². The fourth-order valence-electron chi connectivity index (χ4n) is 3.44. The zero-order chi connectivity index (χ0) is 18.7. The first-order valence-electron chi connectivity index (χ1n) is 8.99. The molecule has 2 aliphatic heterocycles. The van der Waals surface area contributed by atoms with Crippen LogP contribution in [0.25, 0.3) is 10.8 Å². The Morgan fingerprint density at radius 1 is 1.19 bits per heavy atom. The maximum absolute atomic E-state index is 12.9. The number of nitrogens with zero attached hydrogens (tertiary/aromatic N) is 2. The molecule has 0 spiro atoms. The van der Waals surface area contributed by atoms with Crippen molar-refractivity contribution < 1.29 is 14.3 Å². The van der Waals surface area contributed by atoms with Gasteiger partial charge in [0.1, 0.15) is 0 Å². The van der Waals surface area contributed by atoms with Crippen LogP contribution < -0.4 is 9.47 Å². The molecule has 1 saturated heterocycles. The van der Waals surface area contributed by atoms with Gasteiger partial charge in [0.2, 0.25) is 5.94 Å². The summed E-state index contributed by atoms with van der Waals surface area (Å²) >= 11 is 3.32. The van der Waals surface area contributed by atoms with Crippen LogP contribution in [0.5, 0.6) is 11.5 Å². The third-order valence-corrected chi connectivity index (χ3v) is 4.79. The van der Waals surface area contributed by atoms with Crippen LogP contribution in [-0.4, -0.2) is 42.7 Å². The Hall–Kier alpha value is -2.21. The third-order valence-electron chi connectivity index (χ3n) is 4.64. The first-order valence-corrected chi connectivity index (χ1v) is 9.70. The summed E-state index contributed by atoms with van der Waals surface area (Å²) in [6, 6.07) is 7.79. The highest BCUT2D eigenvalue weighted by atomic mass is 32.1. The number of ether oxygens (including phenoxy) is 2. The van der Waals surface area contributed by atoms with Crippen molar-refractivity contribution in [3.8, 4) is 11.5 Å². The van der Waals surface area contributed by atoms with Crippen molar-refractivity contribution >= 4 is 41.2 Å². The van der Waals surface area contributed by atoms with Gasteiger partial charge in [-0.3, -0.25) is 9.79 Å². The number of hydrogen-bond acceptors (Lipinski definition) is 4. The van der Waals surface area contributed by atoms with E-state index in [9.17, 15) is 4.79 Å². The second kappa shape index (κ2) is 7.99. The molecular weight excluding hydrogens is 348 g/mol. The monoisotopic (exact) mass is 373 g/mol. The van der Waals surface area contributed by atoms with Gasteiger partial charge in [0.05, 0.1) is 24.4 Å². The van der Waals surface area contributed by atoms with E-state index in [2.05, 4.69) is 17.6 Å². The second-order valence-corrected chi connectivity index (χ2v) is 6.28. The van der Waals surface area contributed by atoms with E-state index in [4.69, 9.17) is 9.47 Å². The van der Waals surface area contributed by atoms with Gasteiger partial charge < -0.3 is 14.4 Å². The highest BCUT2D eigenvalue weighted by Gasteiger charge is 2.31. The van der Waals surface area contributed by atoms with E-state index in [1.165, 1.54) is 0 Å². The van der Waals surface area contributed by atoms with Crippen molar-refractivity contribution in [3.63, 3.8) is 0 Å². The predicted octanol–water partition coefficient (Wildman–Crippen LogP) is 3.54. The molecule has 6 heteroatoms. The van der Waals surface area contributed by atoms with Crippen LogP contribution in [-0.2, 0) is 12.6 Å². The van der Waals surface area contributed by atoms with Gasteiger partial charge in [0.25, 0.3) is 5.91 Å². The topological polar surface area (TPSA) is 51.1 Å². The van der Waals surface area contributed by atoms with Gasteiger partial charge in [-0.05, 0) is 60.5 Å². The Labute approximate surface area is 159 Å². The minimum Gasteiger partial charge on any atom is -0.493 e. The average Bonchev–Trinajstić information content (AvgIpc) is 3.10. The molecule has 0 N–H and O–H groups in total. The van der Waals surface area contributed by atoms with Crippen LogP contribution in [0.2, 0.25) is 0 Å². The van der Waals surface area contributed by atoms with E-state index < -0.39 is 0 Å². The predicted molar refractivity (Wildman–Crippen MR) is 110 cm³/mol. The number of aliphatic imine (C=N–C) groups is 1. The first kappa shape index (κ1) is 18.6. The first-order chi connectivity index (χ1) is 12.7. The summed E-state index contributed by atoms with van der Waals surface area (Å²) in [4.78, 5) is 19.4. The van der Waals surface area contributed by atoms with Crippen molar-refractivity contribution in [2.75, 3.05) is 19.6 Å². The van der Waals surface area contributed by atoms with Crippen molar-refractivity contribution in [2.24, 2.45) is 4.99 Å². The molecule has 0 bridgehead atoms. The van der Waals surface area contributed by atoms with Crippen molar-refractivity contribution in [3.05, 3.63) is 29.8 Å². The van der Waals surface area contributed by atoms with E-state index in [0.29, 0.717) is 23.0 Å². The van der Waals surface area contributed by atoms with Crippen LogP contribution in [0.3, 0.4) is 0 Å². The standard InChI is InChI=1S/C18H18N2O3S.C2H6/c1-22-16-7-11-5-14-15(6-12(11)8-17(16)23-10-24)19-9-13-3-2-4-20(13)18(14)21;1-2/h5-9,13,24H,2-4,10H2,1H3;1-2H3/p+1. The summed E-state index contributed by atoms with van der Waals surface area (Å²) in [5, 5.41) is 1.91. The summed E-state index contributed by atoms with van der Waals surface area (Å²) in [5.41, 5.74) is 1.37. The molecule has 1 amide bonds. The molecule has 0 radical (unpaired) electrons. The highest BCUT2D eigenvalue weighted by Crippen LogP contribution is 2.37. The Balaban J connectivity index is 0.000000948. The zero-order valence-corrected chi connectivity index (χ0v) is 16.4. The molecule has 5 nitrogen and oxygen atoms in total. The number of carbonyl (C=O) groups is 1. The Morgan fingerprint density at radius 2 is 1.92 bits per heavy atom. The van der Waals surface area contributed by atoms with Crippen molar-refractivity contribution in [1.82, 2.24) is 4.90 Å². The summed E-state index contributed by atoms with van der Waals surface area (Å²) < 4.78 is 11.0. The largest absolute Gasteiger partial charge is 0.493 e. The lowest BCUT2D eigenvalue weighted by molar-refractivity contribution is 0.0775. The van der Waals surface area contributed by atoms with Gasteiger partial charge in [0.15, 0.2) is 11.5 Å². The number of fused-ring (bicyclic) bond motifs is 3.